The number of nitrogens with zero attached hydrogens (tertiary/aromatic N) is 4. The molecule has 10 heteroatoms. The molecule has 0 bridgehead atoms. The SMILES string of the molecule is C[C@@H]1CN(Cc2ccc(F)cc2)[C@@H](C)CN1C(=O)c1cc2c(C(=O)C(=O)N(C)C)cn(N)c2cc1Cl. The van der Waals surface area contributed by atoms with Crippen LogP contribution in [0.5, 0.6) is 0 Å². The number of halogens is 2. The smallest absolute Gasteiger partial charge is 0.294 e. The number of likely N-dealkylation sites (N-methyl/N-ethyl adjacent to an activating group) is 1. The first-order valence-corrected chi connectivity index (χ1v) is 12.0. The Hall–Kier alpha value is -3.43. The van der Waals surface area contributed by atoms with Crippen molar-refractivity contribution in [3.8, 4) is 0 Å². The Morgan fingerprint density at radius 2 is 1.72 bits per heavy atom. The highest BCUT2D eigenvalue weighted by molar-refractivity contribution is 6.45. The van der Waals surface area contributed by atoms with Gasteiger partial charge in [0, 0.05) is 57.4 Å². The second-order valence-corrected chi connectivity index (χ2v) is 9.95. The lowest BCUT2D eigenvalue weighted by Gasteiger charge is -2.44. The van der Waals surface area contributed by atoms with Crippen molar-refractivity contribution in [1.29, 1.82) is 0 Å². The van der Waals surface area contributed by atoms with Crippen molar-refractivity contribution in [3.63, 3.8) is 0 Å². The molecule has 190 valence electrons. The number of Topliss-reactive ketones (excluding diaryl/α,β-unsaturated/α-hetero) is 1. The molecule has 2 heterocycles. The van der Waals surface area contributed by atoms with Crippen LogP contribution in [0.1, 0.15) is 40.1 Å². The highest BCUT2D eigenvalue weighted by Crippen LogP contribution is 2.30. The van der Waals surface area contributed by atoms with Gasteiger partial charge in [0.1, 0.15) is 5.82 Å². The molecule has 8 nitrogen and oxygen atoms in total. The van der Waals surface area contributed by atoms with Gasteiger partial charge in [-0.2, -0.15) is 0 Å². The predicted octanol–water partition coefficient (Wildman–Crippen LogP) is 3.15. The number of nitrogen functional groups attached to an aromatic ring is 1. The third-order valence-corrected chi connectivity index (χ3v) is 6.98. The molecular formula is C26H29ClFN5O3. The average molecular weight is 514 g/mol. The van der Waals surface area contributed by atoms with Crippen molar-refractivity contribution in [2.75, 3.05) is 33.0 Å². The molecule has 2 amide bonds. The zero-order chi connectivity index (χ0) is 26.3. The van der Waals surface area contributed by atoms with Gasteiger partial charge in [-0.15, -0.1) is 0 Å². The van der Waals surface area contributed by atoms with Crippen LogP contribution in [-0.2, 0) is 11.3 Å². The minimum absolute atomic E-state index is 0.0534. The molecule has 2 N–H and O–H groups in total. The Morgan fingerprint density at radius 3 is 2.36 bits per heavy atom. The molecule has 1 aliphatic rings. The fourth-order valence-corrected chi connectivity index (χ4v) is 4.85. The Labute approximate surface area is 214 Å². The number of ketones is 1. The Balaban J connectivity index is 1.60. The fraction of sp³-hybridized carbons (Fsp3) is 0.346. The van der Waals surface area contributed by atoms with Crippen molar-refractivity contribution >= 4 is 40.1 Å². The van der Waals surface area contributed by atoms with Gasteiger partial charge in [0.15, 0.2) is 0 Å². The molecule has 0 radical (unpaired) electrons. The van der Waals surface area contributed by atoms with Crippen LogP contribution in [0.25, 0.3) is 10.9 Å². The third kappa shape index (κ3) is 4.81. The standard InChI is InChI=1S/C26H29ClFN5O3/c1-15-12-32(16(2)11-31(15)13-17-5-7-18(28)8-6-17)25(35)20-9-19-21(24(34)26(36)30(3)4)14-33(29)23(19)10-22(20)27/h5-10,14-16H,11-13,29H2,1-4H3/t15-,16+/m0/s1. The number of carbonyl (C=O) groups excluding carboxylic acids is 3. The van der Waals surface area contributed by atoms with Gasteiger partial charge in [-0.3, -0.25) is 24.0 Å². The van der Waals surface area contributed by atoms with Crippen LogP contribution in [0.15, 0.2) is 42.6 Å². The number of hydrogen-bond donors (Lipinski definition) is 1. The van der Waals surface area contributed by atoms with Crippen LogP contribution in [0.2, 0.25) is 5.02 Å². The summed E-state index contributed by atoms with van der Waals surface area (Å²) in [7, 11) is 2.98. The van der Waals surface area contributed by atoms with Gasteiger partial charge in [0.05, 0.1) is 21.7 Å². The lowest BCUT2D eigenvalue weighted by Crippen LogP contribution is -2.57. The molecule has 0 aliphatic carbocycles. The molecule has 0 saturated carbocycles. The monoisotopic (exact) mass is 513 g/mol. The summed E-state index contributed by atoms with van der Waals surface area (Å²) in [5.41, 5.74) is 1.80. The highest BCUT2D eigenvalue weighted by Gasteiger charge is 2.34. The zero-order valence-corrected chi connectivity index (χ0v) is 21.4. The first-order valence-electron chi connectivity index (χ1n) is 11.6. The number of benzene rings is 2. The van der Waals surface area contributed by atoms with Crippen LogP contribution in [0, 0.1) is 5.82 Å². The fourth-order valence-electron chi connectivity index (χ4n) is 4.61. The maximum atomic E-state index is 13.6. The van der Waals surface area contributed by atoms with Gasteiger partial charge < -0.3 is 15.6 Å². The van der Waals surface area contributed by atoms with E-state index in [9.17, 15) is 18.8 Å². The molecule has 0 spiro atoms. The molecule has 1 fully saturated rings. The molecule has 3 aromatic rings. The van der Waals surface area contributed by atoms with Gasteiger partial charge in [-0.25, -0.2) is 4.39 Å². The predicted molar refractivity (Wildman–Crippen MR) is 137 cm³/mol. The summed E-state index contributed by atoms with van der Waals surface area (Å²) in [6, 6.07) is 9.45. The van der Waals surface area contributed by atoms with Crippen LogP contribution in [-0.4, -0.2) is 76.2 Å². The lowest BCUT2D eigenvalue weighted by atomic mass is 10.0. The number of amides is 2. The average Bonchev–Trinajstić information content (AvgIpc) is 3.15. The van der Waals surface area contributed by atoms with Gasteiger partial charge in [-0.1, -0.05) is 23.7 Å². The number of nitrogens with two attached hydrogens (primary N) is 1. The van der Waals surface area contributed by atoms with Crippen molar-refractivity contribution in [1.82, 2.24) is 19.4 Å². The van der Waals surface area contributed by atoms with E-state index in [1.807, 2.05) is 13.8 Å². The molecular weight excluding hydrogens is 485 g/mol. The quantitative estimate of drug-likeness (QED) is 0.321. The number of carbonyl (C=O) groups is 3. The minimum Gasteiger partial charge on any atom is -0.342 e. The van der Waals surface area contributed by atoms with E-state index in [4.69, 9.17) is 17.4 Å². The van der Waals surface area contributed by atoms with Gasteiger partial charge in [0.25, 0.3) is 17.6 Å². The van der Waals surface area contributed by atoms with Crippen LogP contribution >= 0.6 is 11.6 Å². The molecule has 2 atom stereocenters. The van der Waals surface area contributed by atoms with Crippen molar-refractivity contribution < 1.29 is 18.8 Å². The Morgan fingerprint density at radius 1 is 1.06 bits per heavy atom. The first-order chi connectivity index (χ1) is 17.0. The maximum absolute atomic E-state index is 13.6. The van der Waals surface area contributed by atoms with E-state index in [1.54, 1.807) is 29.2 Å². The summed E-state index contributed by atoms with van der Waals surface area (Å²) in [6.45, 7) is 5.76. The van der Waals surface area contributed by atoms with Crippen molar-refractivity contribution in [2.24, 2.45) is 0 Å². The largest absolute Gasteiger partial charge is 0.342 e. The summed E-state index contributed by atoms with van der Waals surface area (Å²) in [4.78, 5) is 43.9. The number of fused-ring (bicyclic) bond motifs is 1. The van der Waals surface area contributed by atoms with Crippen LogP contribution < -0.4 is 5.84 Å². The maximum Gasteiger partial charge on any atom is 0.294 e. The van der Waals surface area contributed by atoms with Gasteiger partial charge in [-0.05, 0) is 43.7 Å². The summed E-state index contributed by atoms with van der Waals surface area (Å²) in [5.74, 6) is 4.08. The zero-order valence-electron chi connectivity index (χ0n) is 20.7. The van der Waals surface area contributed by atoms with E-state index in [-0.39, 0.29) is 40.0 Å². The van der Waals surface area contributed by atoms with Gasteiger partial charge >= 0.3 is 0 Å². The second kappa shape index (κ2) is 9.91. The molecule has 36 heavy (non-hydrogen) atoms. The number of rotatable bonds is 5. The van der Waals surface area contributed by atoms with E-state index in [0.29, 0.717) is 30.5 Å². The minimum atomic E-state index is -0.716. The van der Waals surface area contributed by atoms with Crippen LogP contribution in [0.4, 0.5) is 4.39 Å². The van der Waals surface area contributed by atoms with Crippen molar-refractivity contribution in [2.45, 2.75) is 32.5 Å². The highest BCUT2D eigenvalue weighted by atomic mass is 35.5. The van der Waals surface area contributed by atoms with E-state index in [1.165, 1.54) is 42.0 Å². The molecule has 1 saturated heterocycles. The normalized spacial score (nSPS) is 18.4. The number of hydrogen-bond acceptors (Lipinski definition) is 5. The molecule has 1 aliphatic heterocycles. The molecule has 2 aromatic carbocycles. The van der Waals surface area contributed by atoms with Crippen LogP contribution in [0.3, 0.4) is 0 Å². The summed E-state index contributed by atoms with van der Waals surface area (Å²) in [5, 5.41) is 0.602. The first kappa shape index (κ1) is 25.7. The van der Waals surface area contributed by atoms with E-state index in [0.717, 1.165) is 5.56 Å². The topological polar surface area (TPSA) is 91.9 Å². The van der Waals surface area contributed by atoms with E-state index in [2.05, 4.69) is 4.90 Å². The molecule has 0 unspecified atom stereocenters. The number of aromatic nitrogens is 1. The Kier molecular flexibility index (Phi) is 7.06. The Bertz CT molecular complexity index is 1340. The summed E-state index contributed by atoms with van der Waals surface area (Å²) in [6.07, 6.45) is 1.37. The summed E-state index contributed by atoms with van der Waals surface area (Å²) < 4.78 is 14.5. The van der Waals surface area contributed by atoms with Gasteiger partial charge in [0.2, 0.25) is 0 Å². The van der Waals surface area contributed by atoms with Crippen molar-refractivity contribution in [3.05, 3.63) is 70.1 Å². The number of piperazine rings is 1. The van der Waals surface area contributed by atoms with E-state index < -0.39 is 11.7 Å². The van der Waals surface area contributed by atoms with E-state index >= 15 is 0 Å². The molecule has 4 rings (SSSR count). The lowest BCUT2D eigenvalue weighted by molar-refractivity contribution is -0.124. The second-order valence-electron chi connectivity index (χ2n) is 9.54. The molecule has 1 aromatic heterocycles. The summed E-state index contributed by atoms with van der Waals surface area (Å²) >= 11 is 6.51. The third-order valence-electron chi connectivity index (χ3n) is 6.67.